The number of benzene rings is 1. The summed E-state index contributed by atoms with van der Waals surface area (Å²) >= 11 is 0. The Bertz CT molecular complexity index is 330. The summed E-state index contributed by atoms with van der Waals surface area (Å²) in [5, 5.41) is 9.25. The van der Waals surface area contributed by atoms with Crippen LogP contribution >= 0.6 is 0 Å². The minimum Gasteiger partial charge on any atom is -0.486 e. The third-order valence-corrected chi connectivity index (χ3v) is 2.61. The van der Waals surface area contributed by atoms with Crippen LogP contribution in [0.2, 0.25) is 0 Å². The van der Waals surface area contributed by atoms with Gasteiger partial charge in [-0.05, 0) is 24.1 Å². The minimum absolute atomic E-state index is 0.124. The first kappa shape index (κ1) is 14.0. The molecule has 3 N–H and O–H groups in total. The zero-order valence-corrected chi connectivity index (χ0v) is 10.4. The lowest BCUT2D eigenvalue weighted by atomic mass is 10.1. The van der Waals surface area contributed by atoms with Crippen molar-refractivity contribution in [3.63, 3.8) is 0 Å². The lowest BCUT2D eigenvalue weighted by molar-refractivity contribution is 0.0604. The van der Waals surface area contributed by atoms with Gasteiger partial charge in [-0.3, -0.25) is 0 Å². The lowest BCUT2D eigenvalue weighted by Crippen LogP contribution is -2.44. The molecule has 0 amide bonds. The van der Waals surface area contributed by atoms with E-state index in [0.29, 0.717) is 6.61 Å². The van der Waals surface area contributed by atoms with Gasteiger partial charge in [0.25, 0.3) is 0 Å². The summed E-state index contributed by atoms with van der Waals surface area (Å²) in [6.07, 6.45) is 0.507. The molecule has 0 saturated heterocycles. The Kier molecular flexibility index (Phi) is 5.97. The first-order valence-electron chi connectivity index (χ1n) is 5.82. The number of aryl methyl sites for hydroxylation is 1. The van der Waals surface area contributed by atoms with E-state index in [0.717, 1.165) is 12.2 Å². The summed E-state index contributed by atoms with van der Waals surface area (Å²) in [5.41, 5.74) is 7.04. The maximum absolute atomic E-state index is 9.25. The molecule has 0 heterocycles. The van der Waals surface area contributed by atoms with E-state index in [2.05, 4.69) is 6.92 Å². The number of aliphatic hydroxyl groups is 1. The van der Waals surface area contributed by atoms with Crippen LogP contribution in [0.15, 0.2) is 24.3 Å². The van der Waals surface area contributed by atoms with Crippen LogP contribution in [-0.2, 0) is 11.2 Å². The lowest BCUT2D eigenvalue weighted by Gasteiger charge is -2.22. The van der Waals surface area contributed by atoms with E-state index in [9.17, 15) is 5.11 Å². The zero-order chi connectivity index (χ0) is 12.7. The normalized spacial score (nSPS) is 14.4. The summed E-state index contributed by atoms with van der Waals surface area (Å²) in [6, 6.07) is 7.46. The Morgan fingerprint density at radius 2 is 2.18 bits per heavy atom. The average molecular weight is 239 g/mol. The third kappa shape index (κ3) is 4.34. The molecule has 0 radical (unpaired) electrons. The topological polar surface area (TPSA) is 64.7 Å². The molecule has 2 atom stereocenters. The van der Waals surface area contributed by atoms with Gasteiger partial charge in [0.15, 0.2) is 0 Å². The average Bonchev–Trinajstić information content (AvgIpc) is 2.36. The maximum atomic E-state index is 9.25. The Morgan fingerprint density at radius 3 is 2.76 bits per heavy atom. The molecular weight excluding hydrogens is 218 g/mol. The van der Waals surface area contributed by atoms with Gasteiger partial charge in [0.2, 0.25) is 0 Å². The highest BCUT2D eigenvalue weighted by atomic mass is 16.5. The molecule has 4 nitrogen and oxygen atoms in total. The van der Waals surface area contributed by atoms with Gasteiger partial charge in [-0.2, -0.15) is 0 Å². The number of nitrogens with two attached hydrogens (primary N) is 1. The summed E-state index contributed by atoms with van der Waals surface area (Å²) in [5.74, 6) is 0.731. The predicted octanol–water partition coefficient (Wildman–Crippen LogP) is 0.962. The van der Waals surface area contributed by atoms with Crippen molar-refractivity contribution in [1.29, 1.82) is 0 Å². The molecule has 2 unspecified atom stereocenters. The number of ether oxygens (including phenoxy) is 2. The molecule has 0 fully saturated rings. The smallest absolute Gasteiger partial charge is 0.139 e. The van der Waals surface area contributed by atoms with Crippen molar-refractivity contribution >= 4 is 0 Å². The van der Waals surface area contributed by atoms with Crippen molar-refractivity contribution < 1.29 is 14.6 Å². The van der Waals surface area contributed by atoms with Crippen LogP contribution < -0.4 is 10.5 Å². The van der Waals surface area contributed by atoms with E-state index in [-0.39, 0.29) is 12.6 Å². The molecule has 1 aromatic carbocycles. The number of methoxy groups -OCH3 is 1. The van der Waals surface area contributed by atoms with Crippen LogP contribution in [0.5, 0.6) is 5.75 Å². The molecule has 1 rings (SSSR count). The van der Waals surface area contributed by atoms with Crippen molar-refractivity contribution in [1.82, 2.24) is 0 Å². The summed E-state index contributed by atoms with van der Waals surface area (Å²) in [4.78, 5) is 0. The zero-order valence-electron chi connectivity index (χ0n) is 10.4. The highest BCUT2D eigenvalue weighted by molar-refractivity contribution is 5.28. The fourth-order valence-corrected chi connectivity index (χ4v) is 1.57. The summed E-state index contributed by atoms with van der Waals surface area (Å²) < 4.78 is 10.6. The molecule has 0 aromatic heterocycles. The Balaban J connectivity index is 2.66. The van der Waals surface area contributed by atoms with E-state index >= 15 is 0 Å². The van der Waals surface area contributed by atoms with Gasteiger partial charge in [0.1, 0.15) is 11.9 Å². The minimum atomic E-state index is -0.443. The van der Waals surface area contributed by atoms with Gasteiger partial charge in [0, 0.05) is 7.11 Å². The molecule has 4 heteroatoms. The molecule has 1 aromatic rings. The largest absolute Gasteiger partial charge is 0.486 e. The standard InChI is InChI=1S/C13H21NO3/c1-3-10-5-4-6-11(7-10)17-13(8-15)12(14)9-16-2/h4-7,12-13,15H,3,8-9,14H2,1-2H3. The summed E-state index contributed by atoms with van der Waals surface area (Å²) in [6.45, 7) is 2.32. The maximum Gasteiger partial charge on any atom is 0.139 e. The monoisotopic (exact) mass is 239 g/mol. The van der Waals surface area contributed by atoms with Crippen molar-refractivity contribution in [3.05, 3.63) is 29.8 Å². The van der Waals surface area contributed by atoms with E-state index in [1.54, 1.807) is 7.11 Å². The van der Waals surface area contributed by atoms with Gasteiger partial charge in [-0.15, -0.1) is 0 Å². The van der Waals surface area contributed by atoms with Crippen LogP contribution in [0, 0.1) is 0 Å². The molecule has 96 valence electrons. The molecular formula is C13H21NO3. The Morgan fingerprint density at radius 1 is 1.41 bits per heavy atom. The number of hydrogen-bond acceptors (Lipinski definition) is 4. The first-order chi connectivity index (χ1) is 8.21. The first-order valence-corrected chi connectivity index (χ1v) is 5.82. The van der Waals surface area contributed by atoms with Crippen LogP contribution in [0.25, 0.3) is 0 Å². The quantitative estimate of drug-likeness (QED) is 0.744. The molecule has 0 bridgehead atoms. The second kappa shape index (κ2) is 7.27. The van der Waals surface area contributed by atoms with E-state index in [4.69, 9.17) is 15.2 Å². The van der Waals surface area contributed by atoms with E-state index < -0.39 is 6.10 Å². The van der Waals surface area contributed by atoms with E-state index in [1.165, 1.54) is 5.56 Å². The van der Waals surface area contributed by atoms with Gasteiger partial charge in [0.05, 0.1) is 19.3 Å². The SMILES string of the molecule is CCc1cccc(OC(CO)C(N)COC)c1. The summed E-state index contributed by atoms with van der Waals surface area (Å²) in [7, 11) is 1.58. The van der Waals surface area contributed by atoms with Crippen LogP contribution in [0.4, 0.5) is 0 Å². The molecule has 0 spiro atoms. The fourth-order valence-electron chi connectivity index (χ4n) is 1.57. The Hall–Kier alpha value is -1.10. The Labute approximate surface area is 102 Å². The fraction of sp³-hybridized carbons (Fsp3) is 0.538. The molecule has 17 heavy (non-hydrogen) atoms. The third-order valence-electron chi connectivity index (χ3n) is 2.61. The van der Waals surface area contributed by atoms with Crippen LogP contribution in [-0.4, -0.2) is 37.6 Å². The molecule has 0 saturated carbocycles. The van der Waals surface area contributed by atoms with Crippen molar-refractivity contribution in [2.45, 2.75) is 25.5 Å². The second-order valence-electron chi connectivity index (χ2n) is 3.96. The van der Waals surface area contributed by atoms with Crippen LogP contribution in [0.1, 0.15) is 12.5 Å². The van der Waals surface area contributed by atoms with Gasteiger partial charge in [-0.1, -0.05) is 19.1 Å². The van der Waals surface area contributed by atoms with E-state index in [1.807, 2.05) is 24.3 Å². The van der Waals surface area contributed by atoms with Gasteiger partial charge in [-0.25, -0.2) is 0 Å². The van der Waals surface area contributed by atoms with Gasteiger partial charge >= 0.3 is 0 Å². The molecule has 0 aliphatic heterocycles. The van der Waals surface area contributed by atoms with Crippen molar-refractivity contribution in [2.24, 2.45) is 5.73 Å². The van der Waals surface area contributed by atoms with Crippen LogP contribution in [0.3, 0.4) is 0 Å². The van der Waals surface area contributed by atoms with Crippen molar-refractivity contribution in [3.8, 4) is 5.75 Å². The number of hydrogen-bond donors (Lipinski definition) is 2. The second-order valence-corrected chi connectivity index (χ2v) is 3.96. The highest BCUT2D eigenvalue weighted by Gasteiger charge is 2.18. The predicted molar refractivity (Wildman–Crippen MR) is 67.2 cm³/mol. The van der Waals surface area contributed by atoms with Gasteiger partial charge < -0.3 is 20.3 Å². The van der Waals surface area contributed by atoms with Crippen molar-refractivity contribution in [2.75, 3.05) is 20.3 Å². The highest BCUT2D eigenvalue weighted by Crippen LogP contribution is 2.16. The number of rotatable bonds is 7. The molecule has 0 aliphatic rings. The molecule has 0 aliphatic carbocycles. The number of aliphatic hydroxyl groups excluding tert-OH is 1.